The molecular formula is C15H16F3N3O2. The predicted molar refractivity (Wildman–Crippen MR) is 77.0 cm³/mol. The van der Waals surface area contributed by atoms with Gasteiger partial charge in [-0.15, -0.1) is 0 Å². The Labute approximate surface area is 130 Å². The summed E-state index contributed by atoms with van der Waals surface area (Å²) in [7, 11) is 0. The number of nitrogens with one attached hydrogen (secondary N) is 1. The molecule has 1 aromatic carbocycles. The largest absolute Gasteiger partial charge is 0.406 e. The summed E-state index contributed by atoms with van der Waals surface area (Å²) in [5.74, 6) is -0.620. The van der Waals surface area contributed by atoms with Crippen LogP contribution in [0.15, 0.2) is 24.5 Å². The lowest BCUT2D eigenvalue weighted by atomic mass is 10.0. The van der Waals surface area contributed by atoms with Gasteiger partial charge in [0.15, 0.2) is 0 Å². The van der Waals surface area contributed by atoms with Crippen LogP contribution in [0, 0.1) is 0 Å². The Kier molecular flexibility index (Phi) is 4.25. The maximum absolute atomic E-state index is 12.9. The third kappa shape index (κ3) is 3.64. The van der Waals surface area contributed by atoms with Crippen molar-refractivity contribution in [1.82, 2.24) is 14.9 Å². The van der Waals surface area contributed by atoms with E-state index in [1.807, 2.05) is 0 Å². The number of imidazole rings is 1. The summed E-state index contributed by atoms with van der Waals surface area (Å²) < 4.78 is 43.9. The molecule has 3 rings (SSSR count). The third-order valence-corrected chi connectivity index (χ3v) is 3.91. The fourth-order valence-electron chi connectivity index (χ4n) is 2.79. The molecule has 0 radical (unpaired) electrons. The van der Waals surface area contributed by atoms with Crippen LogP contribution < -0.4 is 0 Å². The molecule has 124 valence electrons. The van der Waals surface area contributed by atoms with Crippen molar-refractivity contribution in [3.63, 3.8) is 0 Å². The standard InChI is InChI=1S/C15H16F3N3O2/c16-15(17,18)8-21(11-3-5-23-6-4-11)14(22)10-1-2-12-13(7-10)20-9-19-12/h1-2,7,9,11H,3-6,8H2,(H,19,20). The number of amides is 1. The Morgan fingerprint density at radius 1 is 1.35 bits per heavy atom. The highest BCUT2D eigenvalue weighted by atomic mass is 19.4. The van der Waals surface area contributed by atoms with Crippen LogP contribution in [-0.2, 0) is 4.74 Å². The monoisotopic (exact) mass is 327 g/mol. The highest BCUT2D eigenvalue weighted by Crippen LogP contribution is 2.24. The number of ether oxygens (including phenoxy) is 1. The molecule has 1 aromatic heterocycles. The Morgan fingerprint density at radius 3 is 2.78 bits per heavy atom. The maximum atomic E-state index is 12.9. The third-order valence-electron chi connectivity index (χ3n) is 3.91. The molecule has 1 N–H and O–H groups in total. The number of carbonyl (C=O) groups is 1. The van der Waals surface area contributed by atoms with Gasteiger partial charge in [0.1, 0.15) is 6.54 Å². The van der Waals surface area contributed by atoms with Crippen LogP contribution in [0.5, 0.6) is 0 Å². The van der Waals surface area contributed by atoms with E-state index in [1.165, 1.54) is 18.5 Å². The molecule has 0 spiro atoms. The summed E-state index contributed by atoms with van der Waals surface area (Å²) in [5.41, 5.74) is 1.50. The lowest BCUT2D eigenvalue weighted by Gasteiger charge is -2.34. The summed E-state index contributed by atoms with van der Waals surface area (Å²) >= 11 is 0. The van der Waals surface area contributed by atoms with Gasteiger partial charge < -0.3 is 14.6 Å². The second kappa shape index (κ2) is 6.19. The van der Waals surface area contributed by atoms with Gasteiger partial charge >= 0.3 is 6.18 Å². The number of aromatic amines is 1. The molecule has 1 aliphatic heterocycles. The SMILES string of the molecule is O=C(c1ccc2nc[nH]c2c1)N(CC(F)(F)F)C1CCOCC1. The Hall–Kier alpha value is -2.09. The molecule has 1 aliphatic rings. The zero-order chi connectivity index (χ0) is 16.4. The van der Waals surface area contributed by atoms with Crippen molar-refractivity contribution in [1.29, 1.82) is 0 Å². The van der Waals surface area contributed by atoms with Crippen molar-refractivity contribution >= 4 is 16.9 Å². The number of fused-ring (bicyclic) bond motifs is 1. The van der Waals surface area contributed by atoms with Gasteiger partial charge in [-0.1, -0.05) is 0 Å². The molecule has 2 heterocycles. The lowest BCUT2D eigenvalue weighted by molar-refractivity contribution is -0.147. The minimum absolute atomic E-state index is 0.220. The van der Waals surface area contributed by atoms with E-state index in [-0.39, 0.29) is 5.56 Å². The number of benzene rings is 1. The van der Waals surface area contributed by atoms with E-state index in [0.29, 0.717) is 37.1 Å². The van der Waals surface area contributed by atoms with Crippen LogP contribution in [0.2, 0.25) is 0 Å². The average molecular weight is 327 g/mol. The smallest absolute Gasteiger partial charge is 0.381 e. The molecule has 0 aliphatic carbocycles. The first-order valence-electron chi connectivity index (χ1n) is 7.33. The number of alkyl halides is 3. The van der Waals surface area contributed by atoms with Crippen molar-refractivity contribution in [2.75, 3.05) is 19.8 Å². The van der Waals surface area contributed by atoms with E-state index in [4.69, 9.17) is 4.74 Å². The van der Waals surface area contributed by atoms with Gasteiger partial charge in [-0.3, -0.25) is 4.79 Å². The van der Waals surface area contributed by atoms with E-state index >= 15 is 0 Å². The van der Waals surface area contributed by atoms with Crippen LogP contribution in [0.25, 0.3) is 11.0 Å². The van der Waals surface area contributed by atoms with E-state index < -0.39 is 24.7 Å². The maximum Gasteiger partial charge on any atom is 0.406 e. The summed E-state index contributed by atoms with van der Waals surface area (Å²) in [6, 6.07) is 4.20. The molecule has 1 saturated heterocycles. The van der Waals surface area contributed by atoms with Crippen LogP contribution in [-0.4, -0.2) is 52.8 Å². The average Bonchev–Trinajstić information content (AvgIpc) is 2.99. The molecule has 1 amide bonds. The van der Waals surface area contributed by atoms with Crippen molar-refractivity contribution in [3.8, 4) is 0 Å². The molecule has 5 nitrogen and oxygen atoms in total. The predicted octanol–water partition coefficient (Wildman–Crippen LogP) is 2.75. The topological polar surface area (TPSA) is 58.2 Å². The summed E-state index contributed by atoms with van der Waals surface area (Å²) in [6.07, 6.45) is -2.14. The number of carbonyl (C=O) groups excluding carboxylic acids is 1. The number of rotatable bonds is 3. The highest BCUT2D eigenvalue weighted by molar-refractivity contribution is 5.97. The number of aromatic nitrogens is 2. The van der Waals surface area contributed by atoms with E-state index in [9.17, 15) is 18.0 Å². The van der Waals surface area contributed by atoms with Crippen LogP contribution in [0.4, 0.5) is 13.2 Å². The number of halogens is 3. The molecule has 0 unspecified atom stereocenters. The molecule has 23 heavy (non-hydrogen) atoms. The number of H-pyrrole nitrogens is 1. The van der Waals surface area contributed by atoms with Crippen LogP contribution >= 0.6 is 0 Å². The first-order chi connectivity index (χ1) is 10.9. The molecule has 1 fully saturated rings. The fourth-order valence-corrected chi connectivity index (χ4v) is 2.79. The van der Waals surface area contributed by atoms with Gasteiger partial charge in [0.25, 0.3) is 5.91 Å². The first-order valence-corrected chi connectivity index (χ1v) is 7.33. The van der Waals surface area contributed by atoms with Crippen LogP contribution in [0.3, 0.4) is 0 Å². The number of nitrogens with zero attached hydrogens (tertiary/aromatic N) is 2. The van der Waals surface area contributed by atoms with E-state index in [1.54, 1.807) is 6.07 Å². The Bertz CT molecular complexity index is 693. The van der Waals surface area contributed by atoms with Gasteiger partial charge in [-0.05, 0) is 31.0 Å². The summed E-state index contributed by atoms with van der Waals surface area (Å²) in [4.78, 5) is 20.4. The molecular weight excluding hydrogens is 311 g/mol. The van der Waals surface area contributed by atoms with Gasteiger partial charge in [0, 0.05) is 24.8 Å². The van der Waals surface area contributed by atoms with Gasteiger partial charge in [0.05, 0.1) is 17.4 Å². The zero-order valence-electron chi connectivity index (χ0n) is 12.3. The minimum Gasteiger partial charge on any atom is -0.381 e. The van der Waals surface area contributed by atoms with Crippen LogP contribution in [0.1, 0.15) is 23.2 Å². The second-order valence-electron chi connectivity index (χ2n) is 5.53. The van der Waals surface area contributed by atoms with Crippen molar-refractivity contribution < 1.29 is 22.7 Å². The molecule has 8 heteroatoms. The first kappa shape index (κ1) is 15.8. The molecule has 2 aromatic rings. The zero-order valence-corrected chi connectivity index (χ0v) is 12.3. The molecule has 0 atom stereocenters. The van der Waals surface area contributed by atoms with Crippen molar-refractivity contribution in [2.24, 2.45) is 0 Å². The molecule has 0 saturated carbocycles. The lowest BCUT2D eigenvalue weighted by Crippen LogP contribution is -2.47. The summed E-state index contributed by atoms with van der Waals surface area (Å²) in [5, 5.41) is 0. The van der Waals surface area contributed by atoms with E-state index in [0.717, 1.165) is 4.90 Å². The Morgan fingerprint density at radius 2 is 2.09 bits per heavy atom. The Balaban J connectivity index is 1.88. The quantitative estimate of drug-likeness (QED) is 0.943. The van der Waals surface area contributed by atoms with Crippen molar-refractivity contribution in [3.05, 3.63) is 30.1 Å². The number of hydrogen-bond acceptors (Lipinski definition) is 3. The van der Waals surface area contributed by atoms with E-state index in [2.05, 4.69) is 9.97 Å². The molecule has 0 bridgehead atoms. The minimum atomic E-state index is -4.44. The second-order valence-corrected chi connectivity index (χ2v) is 5.53. The van der Waals surface area contributed by atoms with Crippen molar-refractivity contribution in [2.45, 2.75) is 25.1 Å². The van der Waals surface area contributed by atoms with Gasteiger partial charge in [-0.2, -0.15) is 13.2 Å². The fraction of sp³-hybridized carbons (Fsp3) is 0.467. The van der Waals surface area contributed by atoms with Gasteiger partial charge in [0.2, 0.25) is 0 Å². The normalized spacial score (nSPS) is 16.7. The van der Waals surface area contributed by atoms with Gasteiger partial charge in [-0.25, -0.2) is 4.98 Å². The highest BCUT2D eigenvalue weighted by Gasteiger charge is 2.37. The summed E-state index contributed by atoms with van der Waals surface area (Å²) in [6.45, 7) is -0.519. The number of hydrogen-bond donors (Lipinski definition) is 1.